The smallest absolute Gasteiger partial charge is 0.354 e. The number of carbonyl (C=O) groups is 1. The van der Waals surface area contributed by atoms with Crippen molar-refractivity contribution in [1.82, 2.24) is 25.3 Å². The highest BCUT2D eigenvalue weighted by Gasteiger charge is 2.43. The predicted octanol–water partition coefficient (Wildman–Crippen LogP) is 0.223. The molecular formula is C14H22F3N5O. The van der Waals surface area contributed by atoms with Crippen LogP contribution >= 0.6 is 0 Å². The van der Waals surface area contributed by atoms with E-state index in [-0.39, 0.29) is 6.42 Å². The molecule has 1 aromatic rings. The Kier molecular flexibility index (Phi) is 5.64. The topological polar surface area (TPSA) is 62.2 Å². The molecule has 0 aliphatic carbocycles. The van der Waals surface area contributed by atoms with Crippen LogP contribution in [0.25, 0.3) is 0 Å². The van der Waals surface area contributed by atoms with Gasteiger partial charge in [0, 0.05) is 51.0 Å². The Morgan fingerprint density at radius 2 is 2.09 bits per heavy atom. The van der Waals surface area contributed by atoms with E-state index < -0.39 is 24.7 Å². The van der Waals surface area contributed by atoms with Crippen molar-refractivity contribution in [3.05, 3.63) is 17.5 Å². The highest BCUT2D eigenvalue weighted by molar-refractivity contribution is 5.78. The zero-order valence-corrected chi connectivity index (χ0v) is 13.3. The second-order valence-electron chi connectivity index (χ2n) is 5.70. The van der Waals surface area contributed by atoms with Crippen LogP contribution in [0.5, 0.6) is 0 Å². The molecule has 9 heteroatoms. The van der Waals surface area contributed by atoms with Crippen LogP contribution in [-0.2, 0) is 18.3 Å². The molecule has 2 rings (SSSR count). The molecule has 0 radical (unpaired) electrons. The Labute approximate surface area is 133 Å². The lowest BCUT2D eigenvalue weighted by Gasteiger charge is -2.35. The van der Waals surface area contributed by atoms with E-state index in [1.54, 1.807) is 17.9 Å². The summed E-state index contributed by atoms with van der Waals surface area (Å²) in [4.78, 5) is 13.3. The first-order chi connectivity index (χ1) is 10.8. The summed E-state index contributed by atoms with van der Waals surface area (Å²) >= 11 is 0. The van der Waals surface area contributed by atoms with Gasteiger partial charge >= 0.3 is 6.18 Å². The molecule has 1 aliphatic rings. The van der Waals surface area contributed by atoms with Crippen molar-refractivity contribution >= 4 is 5.91 Å². The Morgan fingerprint density at radius 3 is 2.61 bits per heavy atom. The standard InChI is InChI=1S/C14H22F3N5O/c1-10-11(8-20-21(10)2)7-13(23)19-9-12(14(15,16)17)22-5-3-18-4-6-22/h8,12,18H,3-7,9H2,1-2H3,(H,19,23). The van der Waals surface area contributed by atoms with Gasteiger partial charge in [-0.3, -0.25) is 14.4 Å². The van der Waals surface area contributed by atoms with E-state index in [2.05, 4.69) is 15.7 Å². The van der Waals surface area contributed by atoms with Gasteiger partial charge in [-0.05, 0) is 6.92 Å². The summed E-state index contributed by atoms with van der Waals surface area (Å²) in [7, 11) is 1.75. The molecule has 1 unspecified atom stereocenters. The molecule has 0 aromatic carbocycles. The molecule has 1 atom stereocenters. The maximum Gasteiger partial charge on any atom is 0.405 e. The van der Waals surface area contributed by atoms with Crippen LogP contribution in [0.3, 0.4) is 0 Å². The number of carbonyl (C=O) groups excluding carboxylic acids is 1. The van der Waals surface area contributed by atoms with Gasteiger partial charge in [0.05, 0.1) is 12.6 Å². The number of hydrogen-bond acceptors (Lipinski definition) is 4. The summed E-state index contributed by atoms with van der Waals surface area (Å²) in [5, 5.41) is 9.45. The maximum absolute atomic E-state index is 13.2. The van der Waals surface area contributed by atoms with E-state index in [1.807, 2.05) is 6.92 Å². The van der Waals surface area contributed by atoms with Crippen LogP contribution in [0.15, 0.2) is 6.20 Å². The Bertz CT molecular complexity index is 537. The van der Waals surface area contributed by atoms with Crippen molar-refractivity contribution in [3.63, 3.8) is 0 Å². The summed E-state index contributed by atoms with van der Waals surface area (Å²) in [6.07, 6.45) is -2.77. The van der Waals surface area contributed by atoms with Gasteiger partial charge in [0.2, 0.25) is 5.91 Å². The Balaban J connectivity index is 1.92. The lowest BCUT2D eigenvalue weighted by atomic mass is 10.1. The van der Waals surface area contributed by atoms with Gasteiger partial charge in [0.1, 0.15) is 6.04 Å². The molecule has 1 fully saturated rings. The van der Waals surface area contributed by atoms with Crippen LogP contribution in [0.2, 0.25) is 0 Å². The normalized spacial score (nSPS) is 18.0. The minimum absolute atomic E-state index is 0.0335. The quantitative estimate of drug-likeness (QED) is 0.809. The number of rotatable bonds is 5. The first-order valence-electron chi connectivity index (χ1n) is 7.54. The zero-order chi connectivity index (χ0) is 17.0. The molecule has 1 saturated heterocycles. The first kappa shape index (κ1) is 17.7. The molecule has 1 amide bonds. The number of hydrogen-bond donors (Lipinski definition) is 2. The SMILES string of the molecule is Cc1c(CC(=O)NCC(N2CCNCC2)C(F)(F)F)cnn1C. The minimum atomic E-state index is -4.37. The average Bonchev–Trinajstić information content (AvgIpc) is 2.79. The van der Waals surface area contributed by atoms with Crippen molar-refractivity contribution < 1.29 is 18.0 Å². The van der Waals surface area contributed by atoms with Crippen molar-refractivity contribution in [2.45, 2.75) is 25.6 Å². The van der Waals surface area contributed by atoms with Gasteiger partial charge in [-0.1, -0.05) is 0 Å². The first-order valence-corrected chi connectivity index (χ1v) is 7.54. The molecule has 2 heterocycles. The third-order valence-corrected chi connectivity index (χ3v) is 4.15. The van der Waals surface area contributed by atoms with E-state index in [9.17, 15) is 18.0 Å². The van der Waals surface area contributed by atoms with Crippen LogP contribution in [-0.4, -0.2) is 65.5 Å². The summed E-state index contributed by atoms with van der Waals surface area (Å²) in [5.74, 6) is -0.425. The zero-order valence-electron chi connectivity index (χ0n) is 13.3. The number of aromatic nitrogens is 2. The summed E-state index contributed by atoms with van der Waals surface area (Å²) in [6.45, 7) is 3.07. The van der Waals surface area contributed by atoms with E-state index in [0.717, 1.165) is 11.3 Å². The van der Waals surface area contributed by atoms with Gasteiger partial charge in [-0.2, -0.15) is 18.3 Å². The maximum atomic E-state index is 13.2. The second-order valence-corrected chi connectivity index (χ2v) is 5.70. The minimum Gasteiger partial charge on any atom is -0.354 e. The van der Waals surface area contributed by atoms with Crippen LogP contribution in [0.4, 0.5) is 13.2 Å². The number of halogens is 3. The van der Waals surface area contributed by atoms with E-state index in [4.69, 9.17) is 0 Å². The lowest BCUT2D eigenvalue weighted by molar-refractivity contribution is -0.184. The number of piperazine rings is 1. The molecule has 23 heavy (non-hydrogen) atoms. The highest BCUT2D eigenvalue weighted by atomic mass is 19.4. The number of nitrogens with one attached hydrogen (secondary N) is 2. The lowest BCUT2D eigenvalue weighted by Crippen LogP contribution is -2.57. The molecule has 2 N–H and O–H groups in total. The monoisotopic (exact) mass is 333 g/mol. The van der Waals surface area contributed by atoms with Crippen LogP contribution in [0, 0.1) is 6.92 Å². The number of aryl methyl sites for hydroxylation is 1. The summed E-state index contributed by atoms with van der Waals surface area (Å²) < 4.78 is 41.3. The van der Waals surface area contributed by atoms with Gasteiger partial charge < -0.3 is 10.6 Å². The van der Waals surface area contributed by atoms with E-state index in [0.29, 0.717) is 26.2 Å². The molecular weight excluding hydrogens is 311 g/mol. The number of amides is 1. The molecule has 0 saturated carbocycles. The molecule has 6 nitrogen and oxygen atoms in total. The van der Waals surface area contributed by atoms with Crippen molar-refractivity contribution in [3.8, 4) is 0 Å². The fourth-order valence-corrected chi connectivity index (χ4v) is 2.61. The average molecular weight is 333 g/mol. The molecule has 1 aliphatic heterocycles. The largest absolute Gasteiger partial charge is 0.405 e. The van der Waals surface area contributed by atoms with Crippen molar-refractivity contribution in [1.29, 1.82) is 0 Å². The predicted molar refractivity (Wildman–Crippen MR) is 78.9 cm³/mol. The second kappa shape index (κ2) is 7.31. The van der Waals surface area contributed by atoms with Gasteiger partial charge in [0.15, 0.2) is 0 Å². The fraction of sp³-hybridized carbons (Fsp3) is 0.714. The number of alkyl halides is 3. The summed E-state index contributed by atoms with van der Waals surface area (Å²) in [6, 6.07) is -1.65. The third-order valence-electron chi connectivity index (χ3n) is 4.15. The summed E-state index contributed by atoms with van der Waals surface area (Å²) in [5.41, 5.74) is 1.55. The third kappa shape index (κ3) is 4.68. The highest BCUT2D eigenvalue weighted by Crippen LogP contribution is 2.24. The Hall–Kier alpha value is -1.61. The number of nitrogens with zero attached hydrogens (tertiary/aromatic N) is 3. The van der Waals surface area contributed by atoms with Crippen LogP contribution in [0.1, 0.15) is 11.3 Å². The van der Waals surface area contributed by atoms with E-state index in [1.165, 1.54) is 4.90 Å². The molecule has 1 aromatic heterocycles. The Morgan fingerprint density at radius 1 is 1.43 bits per heavy atom. The van der Waals surface area contributed by atoms with Crippen molar-refractivity contribution in [2.75, 3.05) is 32.7 Å². The van der Waals surface area contributed by atoms with E-state index >= 15 is 0 Å². The van der Waals surface area contributed by atoms with Crippen molar-refractivity contribution in [2.24, 2.45) is 7.05 Å². The van der Waals surface area contributed by atoms with Gasteiger partial charge in [-0.25, -0.2) is 0 Å². The van der Waals surface area contributed by atoms with Gasteiger partial charge in [0.25, 0.3) is 0 Å². The molecule has 130 valence electrons. The molecule has 0 spiro atoms. The van der Waals surface area contributed by atoms with Gasteiger partial charge in [-0.15, -0.1) is 0 Å². The van der Waals surface area contributed by atoms with Crippen LogP contribution < -0.4 is 10.6 Å². The fourth-order valence-electron chi connectivity index (χ4n) is 2.61. The molecule has 0 bridgehead atoms.